The van der Waals surface area contributed by atoms with Crippen LogP contribution in [0.1, 0.15) is 11.1 Å². The van der Waals surface area contributed by atoms with Crippen LogP contribution in [0.15, 0.2) is 78.2 Å². The van der Waals surface area contributed by atoms with Gasteiger partial charge in [0.15, 0.2) is 11.0 Å². The maximum Gasteiger partial charge on any atom is 0.196 e. The maximum absolute atomic E-state index is 9.34. The van der Waals surface area contributed by atoms with E-state index < -0.39 is 0 Å². The number of pyridine rings is 1. The molecule has 7 heteroatoms. The number of aromatic nitrogens is 4. The molecule has 0 N–H and O–H groups in total. The summed E-state index contributed by atoms with van der Waals surface area (Å²) in [5, 5.41) is 18.9. The van der Waals surface area contributed by atoms with E-state index in [4.69, 9.17) is 4.74 Å². The summed E-state index contributed by atoms with van der Waals surface area (Å²) < 4.78 is 7.29. The summed E-state index contributed by atoms with van der Waals surface area (Å²) in [6, 6.07) is 21.4. The minimum Gasteiger partial charge on any atom is -0.497 e. The Morgan fingerprint density at radius 2 is 1.76 bits per heavy atom. The molecule has 0 saturated carbocycles. The number of benzene rings is 2. The standard InChI is InChI=1S/C22H17N5OS/c1-28-20-8-6-19(7-9-20)27-21(16-10-12-24-13-11-16)25-26-22(27)29-15-18-5-3-2-4-17(18)14-23/h2-13H,15H2,1H3. The lowest BCUT2D eigenvalue weighted by Gasteiger charge is -2.11. The Morgan fingerprint density at radius 1 is 1.00 bits per heavy atom. The molecule has 0 atom stereocenters. The summed E-state index contributed by atoms with van der Waals surface area (Å²) in [6.45, 7) is 0. The molecule has 2 aromatic heterocycles. The number of nitriles is 1. The fourth-order valence-electron chi connectivity index (χ4n) is 2.91. The predicted octanol–water partition coefficient (Wildman–Crippen LogP) is 4.50. The molecule has 0 radical (unpaired) electrons. The lowest BCUT2D eigenvalue weighted by Crippen LogP contribution is -2.00. The maximum atomic E-state index is 9.34. The number of rotatable bonds is 6. The van der Waals surface area contributed by atoms with E-state index in [0.29, 0.717) is 11.3 Å². The summed E-state index contributed by atoms with van der Waals surface area (Å²) in [6.07, 6.45) is 3.47. The van der Waals surface area contributed by atoms with Gasteiger partial charge in [0.2, 0.25) is 0 Å². The minimum absolute atomic E-state index is 0.619. The molecule has 0 aliphatic rings. The van der Waals surface area contributed by atoms with Crippen LogP contribution in [0.3, 0.4) is 0 Å². The van der Waals surface area contributed by atoms with Gasteiger partial charge >= 0.3 is 0 Å². The third-order valence-corrected chi connectivity index (χ3v) is 5.37. The first-order chi connectivity index (χ1) is 14.3. The third-order valence-electron chi connectivity index (χ3n) is 4.40. The topological polar surface area (TPSA) is 76.6 Å². The number of hydrogen-bond donors (Lipinski definition) is 0. The van der Waals surface area contributed by atoms with E-state index in [-0.39, 0.29) is 0 Å². The van der Waals surface area contributed by atoms with Gasteiger partial charge in [-0.15, -0.1) is 10.2 Å². The van der Waals surface area contributed by atoms with Gasteiger partial charge in [-0.2, -0.15) is 5.26 Å². The lowest BCUT2D eigenvalue weighted by atomic mass is 10.1. The normalized spacial score (nSPS) is 10.5. The zero-order chi connectivity index (χ0) is 20.1. The second kappa shape index (κ2) is 8.59. The molecule has 0 aliphatic heterocycles. The molecule has 142 valence electrons. The van der Waals surface area contributed by atoms with Crippen molar-refractivity contribution in [1.82, 2.24) is 19.7 Å². The molecule has 4 rings (SSSR count). The lowest BCUT2D eigenvalue weighted by molar-refractivity contribution is 0.414. The Kier molecular flexibility index (Phi) is 5.54. The van der Waals surface area contributed by atoms with Crippen molar-refractivity contribution < 1.29 is 4.74 Å². The van der Waals surface area contributed by atoms with Crippen molar-refractivity contribution in [3.8, 4) is 28.9 Å². The van der Waals surface area contributed by atoms with E-state index in [1.807, 2.05) is 65.2 Å². The average molecular weight is 399 g/mol. The van der Waals surface area contributed by atoms with Crippen molar-refractivity contribution in [3.05, 3.63) is 84.2 Å². The van der Waals surface area contributed by atoms with Crippen molar-refractivity contribution in [2.24, 2.45) is 0 Å². The molecule has 2 heterocycles. The van der Waals surface area contributed by atoms with E-state index >= 15 is 0 Å². The van der Waals surface area contributed by atoms with Crippen LogP contribution in [0.2, 0.25) is 0 Å². The van der Waals surface area contributed by atoms with Crippen LogP contribution in [-0.2, 0) is 5.75 Å². The summed E-state index contributed by atoms with van der Waals surface area (Å²) >= 11 is 1.54. The second-order valence-electron chi connectivity index (χ2n) is 6.13. The first-order valence-electron chi connectivity index (χ1n) is 8.91. The van der Waals surface area contributed by atoms with Gasteiger partial charge in [0.25, 0.3) is 0 Å². The summed E-state index contributed by atoms with van der Waals surface area (Å²) in [7, 11) is 1.64. The predicted molar refractivity (Wildman–Crippen MR) is 112 cm³/mol. The summed E-state index contributed by atoms with van der Waals surface area (Å²) in [5.41, 5.74) is 3.49. The molecule has 6 nitrogen and oxygen atoms in total. The molecular weight excluding hydrogens is 382 g/mol. The van der Waals surface area contributed by atoms with Crippen LogP contribution in [0.5, 0.6) is 5.75 Å². The van der Waals surface area contributed by atoms with Crippen LogP contribution in [0, 0.1) is 11.3 Å². The molecule has 29 heavy (non-hydrogen) atoms. The molecule has 0 fully saturated rings. The monoisotopic (exact) mass is 399 g/mol. The van der Waals surface area contributed by atoms with Gasteiger partial charge < -0.3 is 4.74 Å². The van der Waals surface area contributed by atoms with Crippen molar-refractivity contribution in [2.45, 2.75) is 10.9 Å². The quantitative estimate of drug-likeness (QED) is 0.444. The van der Waals surface area contributed by atoms with Gasteiger partial charge in [-0.25, -0.2) is 0 Å². The van der Waals surface area contributed by atoms with E-state index in [9.17, 15) is 5.26 Å². The van der Waals surface area contributed by atoms with Gasteiger partial charge in [-0.3, -0.25) is 9.55 Å². The van der Waals surface area contributed by atoms with Gasteiger partial charge in [0.05, 0.1) is 18.7 Å². The van der Waals surface area contributed by atoms with Crippen molar-refractivity contribution >= 4 is 11.8 Å². The van der Waals surface area contributed by atoms with Gasteiger partial charge in [-0.05, 0) is 48.0 Å². The number of thioether (sulfide) groups is 1. The van der Waals surface area contributed by atoms with Crippen LogP contribution >= 0.6 is 11.8 Å². The second-order valence-corrected chi connectivity index (χ2v) is 7.08. The summed E-state index contributed by atoms with van der Waals surface area (Å²) in [5.74, 6) is 2.13. The smallest absolute Gasteiger partial charge is 0.196 e. The first-order valence-corrected chi connectivity index (χ1v) is 9.90. The fourth-order valence-corrected chi connectivity index (χ4v) is 3.87. The van der Waals surface area contributed by atoms with Gasteiger partial charge in [0.1, 0.15) is 5.75 Å². The van der Waals surface area contributed by atoms with E-state index in [2.05, 4.69) is 21.3 Å². The largest absolute Gasteiger partial charge is 0.497 e. The van der Waals surface area contributed by atoms with Crippen molar-refractivity contribution in [1.29, 1.82) is 5.26 Å². The Morgan fingerprint density at radius 3 is 2.48 bits per heavy atom. The van der Waals surface area contributed by atoms with E-state index in [1.165, 1.54) is 0 Å². The molecule has 0 bridgehead atoms. The molecule has 4 aromatic rings. The highest BCUT2D eigenvalue weighted by molar-refractivity contribution is 7.98. The molecule has 0 saturated heterocycles. The zero-order valence-corrected chi connectivity index (χ0v) is 16.5. The molecule has 2 aromatic carbocycles. The van der Waals surface area contributed by atoms with Gasteiger partial charge in [-0.1, -0.05) is 30.0 Å². The van der Waals surface area contributed by atoms with Crippen molar-refractivity contribution in [2.75, 3.05) is 7.11 Å². The Hall–Kier alpha value is -3.63. The van der Waals surface area contributed by atoms with Crippen LogP contribution in [-0.4, -0.2) is 26.9 Å². The minimum atomic E-state index is 0.619. The van der Waals surface area contributed by atoms with Gasteiger partial charge in [0, 0.05) is 29.4 Å². The number of nitrogens with zero attached hydrogens (tertiary/aromatic N) is 5. The summed E-state index contributed by atoms with van der Waals surface area (Å²) in [4.78, 5) is 4.09. The molecular formula is C22H17N5OS. The first kappa shape index (κ1) is 18.7. The highest BCUT2D eigenvalue weighted by Gasteiger charge is 2.17. The van der Waals surface area contributed by atoms with Crippen LogP contribution in [0.25, 0.3) is 17.1 Å². The van der Waals surface area contributed by atoms with E-state index in [1.54, 1.807) is 31.3 Å². The number of methoxy groups -OCH3 is 1. The molecule has 0 aliphatic carbocycles. The highest BCUT2D eigenvalue weighted by atomic mass is 32.2. The van der Waals surface area contributed by atoms with Crippen molar-refractivity contribution in [3.63, 3.8) is 0 Å². The molecule has 0 amide bonds. The molecule has 0 spiro atoms. The Bertz CT molecular complexity index is 1150. The van der Waals surface area contributed by atoms with Crippen LogP contribution in [0.4, 0.5) is 0 Å². The Labute approximate surface area is 172 Å². The number of hydrogen-bond acceptors (Lipinski definition) is 6. The Balaban J connectivity index is 1.73. The fraction of sp³-hybridized carbons (Fsp3) is 0.0909. The highest BCUT2D eigenvalue weighted by Crippen LogP contribution is 2.30. The zero-order valence-electron chi connectivity index (χ0n) is 15.7. The van der Waals surface area contributed by atoms with Crippen LogP contribution < -0.4 is 4.74 Å². The third kappa shape index (κ3) is 3.98. The number of ether oxygens (including phenoxy) is 1. The average Bonchev–Trinajstić information content (AvgIpc) is 3.22. The molecule has 0 unspecified atom stereocenters. The van der Waals surface area contributed by atoms with E-state index in [0.717, 1.165) is 33.5 Å². The SMILES string of the molecule is COc1ccc(-n2c(SCc3ccccc3C#N)nnc2-c2ccncc2)cc1.